The Kier molecular flexibility index (Phi) is 12.1. The van der Waals surface area contributed by atoms with Crippen molar-refractivity contribution in [3.63, 3.8) is 0 Å². The lowest BCUT2D eigenvalue weighted by Gasteiger charge is -2.36. The third-order valence-corrected chi connectivity index (χ3v) is 9.16. The lowest BCUT2D eigenvalue weighted by Crippen LogP contribution is -2.55. The summed E-state index contributed by atoms with van der Waals surface area (Å²) < 4.78 is 20.6. The molecule has 1 saturated carbocycles. The number of likely N-dealkylation sites (N-methyl/N-ethyl adjacent to an activating group) is 1. The molecule has 246 valence electrons. The molecule has 45 heavy (non-hydrogen) atoms. The van der Waals surface area contributed by atoms with Gasteiger partial charge in [-0.25, -0.2) is 4.39 Å². The molecule has 1 aliphatic carbocycles. The number of benzene rings is 1. The number of amides is 4. The van der Waals surface area contributed by atoms with Crippen molar-refractivity contribution in [3.05, 3.63) is 47.1 Å². The molecule has 1 saturated heterocycles. The van der Waals surface area contributed by atoms with Crippen LogP contribution in [0.4, 0.5) is 10.1 Å². The van der Waals surface area contributed by atoms with Crippen molar-refractivity contribution in [2.75, 3.05) is 38.5 Å². The molecule has 0 spiro atoms. The van der Waals surface area contributed by atoms with Crippen LogP contribution in [0.3, 0.4) is 0 Å². The van der Waals surface area contributed by atoms with Crippen LogP contribution in [0.15, 0.2) is 29.0 Å². The van der Waals surface area contributed by atoms with Crippen LogP contribution in [0.2, 0.25) is 0 Å². The van der Waals surface area contributed by atoms with Crippen LogP contribution >= 0.6 is 0 Å². The van der Waals surface area contributed by atoms with E-state index in [1.807, 2.05) is 14.0 Å². The fraction of sp³-hybridized carbons (Fsp3) is 0.606. The molecule has 12 heteroatoms. The van der Waals surface area contributed by atoms with Crippen LogP contribution in [0, 0.1) is 11.7 Å². The Bertz CT molecular complexity index is 1330. The third-order valence-electron chi connectivity index (χ3n) is 9.16. The summed E-state index contributed by atoms with van der Waals surface area (Å²) in [6.45, 7) is 7.93. The summed E-state index contributed by atoms with van der Waals surface area (Å²) in [6.07, 6.45) is 7.56. The van der Waals surface area contributed by atoms with Gasteiger partial charge in [0.2, 0.25) is 17.7 Å². The highest BCUT2D eigenvalue weighted by molar-refractivity contribution is 6.01. The molecule has 11 nitrogen and oxygen atoms in total. The van der Waals surface area contributed by atoms with E-state index in [-0.39, 0.29) is 35.4 Å². The first kappa shape index (κ1) is 34.1. The highest BCUT2D eigenvalue weighted by atomic mass is 19.1. The quantitative estimate of drug-likeness (QED) is 0.322. The second-order valence-electron chi connectivity index (χ2n) is 12.3. The molecule has 2 aromatic rings. The van der Waals surface area contributed by atoms with Crippen LogP contribution in [0.25, 0.3) is 0 Å². The van der Waals surface area contributed by atoms with E-state index in [4.69, 9.17) is 4.52 Å². The summed E-state index contributed by atoms with van der Waals surface area (Å²) in [6, 6.07) is 2.70. The number of halogens is 1. The van der Waals surface area contributed by atoms with E-state index in [0.29, 0.717) is 30.8 Å². The minimum atomic E-state index is -0.872. The van der Waals surface area contributed by atoms with Gasteiger partial charge in [0.15, 0.2) is 0 Å². The predicted octanol–water partition coefficient (Wildman–Crippen LogP) is 3.86. The summed E-state index contributed by atoms with van der Waals surface area (Å²) in [7, 11) is 2.00. The van der Waals surface area contributed by atoms with Crippen LogP contribution in [0.5, 0.6) is 0 Å². The van der Waals surface area contributed by atoms with Crippen LogP contribution in [0.1, 0.15) is 93.3 Å². The van der Waals surface area contributed by atoms with Crippen molar-refractivity contribution in [1.29, 1.82) is 0 Å². The van der Waals surface area contributed by atoms with Gasteiger partial charge < -0.3 is 30.3 Å². The van der Waals surface area contributed by atoms with E-state index < -0.39 is 35.6 Å². The van der Waals surface area contributed by atoms with E-state index in [2.05, 4.69) is 26.0 Å². The van der Waals surface area contributed by atoms with Crippen molar-refractivity contribution in [1.82, 2.24) is 25.6 Å². The van der Waals surface area contributed by atoms with Gasteiger partial charge in [0.25, 0.3) is 5.91 Å². The molecule has 0 unspecified atom stereocenters. The van der Waals surface area contributed by atoms with E-state index in [0.717, 1.165) is 51.6 Å². The predicted molar refractivity (Wildman–Crippen MR) is 168 cm³/mol. The number of anilines is 1. The first-order valence-electron chi connectivity index (χ1n) is 16.2. The number of rotatable bonds is 11. The van der Waals surface area contributed by atoms with Gasteiger partial charge in [-0.3, -0.25) is 19.2 Å². The van der Waals surface area contributed by atoms with Gasteiger partial charge in [0.05, 0.1) is 11.4 Å². The highest BCUT2D eigenvalue weighted by Crippen LogP contribution is 2.29. The minimum Gasteiger partial charge on any atom is -0.364 e. The largest absolute Gasteiger partial charge is 0.364 e. The van der Waals surface area contributed by atoms with Crippen molar-refractivity contribution >= 4 is 29.3 Å². The topological polar surface area (TPSA) is 137 Å². The van der Waals surface area contributed by atoms with Crippen molar-refractivity contribution in [3.8, 4) is 0 Å². The second kappa shape index (κ2) is 16.0. The number of hydrogen-bond acceptors (Lipinski definition) is 7. The molecule has 1 aliphatic heterocycles. The molecule has 0 radical (unpaired) electrons. The highest BCUT2D eigenvalue weighted by Gasteiger charge is 2.34. The number of hydrogen-bond donors (Lipinski definition) is 3. The monoisotopic (exact) mass is 626 g/mol. The zero-order chi connectivity index (χ0) is 32.5. The van der Waals surface area contributed by atoms with Gasteiger partial charge >= 0.3 is 0 Å². The maximum atomic E-state index is 15.6. The Morgan fingerprint density at radius 3 is 2.33 bits per heavy atom. The van der Waals surface area contributed by atoms with Gasteiger partial charge in [0, 0.05) is 38.5 Å². The maximum absolute atomic E-state index is 15.6. The number of carbonyl (C=O) groups is 4. The number of aromatic nitrogens is 1. The van der Waals surface area contributed by atoms with E-state index in [1.54, 1.807) is 24.8 Å². The number of nitrogens with one attached hydrogen (secondary N) is 3. The summed E-state index contributed by atoms with van der Waals surface area (Å²) in [4.78, 5) is 56.7. The van der Waals surface area contributed by atoms with Gasteiger partial charge in [-0.05, 0) is 49.9 Å². The number of aryl methyl sites for hydroxylation is 1. The molecule has 1 aromatic carbocycles. The third kappa shape index (κ3) is 8.68. The fourth-order valence-corrected chi connectivity index (χ4v) is 6.18. The van der Waals surface area contributed by atoms with E-state index in [9.17, 15) is 19.2 Å². The summed E-state index contributed by atoms with van der Waals surface area (Å²) in [5, 5.41) is 12.3. The fourth-order valence-electron chi connectivity index (χ4n) is 6.18. The number of carbonyl (C=O) groups excluding carboxylic acids is 4. The molecule has 2 heterocycles. The Labute approximate surface area is 264 Å². The van der Waals surface area contributed by atoms with Crippen LogP contribution in [-0.4, -0.2) is 83.9 Å². The molecule has 0 bridgehead atoms. The van der Waals surface area contributed by atoms with Crippen molar-refractivity contribution in [2.24, 2.45) is 5.92 Å². The average molecular weight is 627 g/mol. The van der Waals surface area contributed by atoms with Crippen LogP contribution in [-0.2, 0) is 20.8 Å². The Morgan fingerprint density at radius 2 is 1.71 bits per heavy atom. The Balaban J connectivity index is 1.52. The summed E-state index contributed by atoms with van der Waals surface area (Å²) in [5.41, 5.74) is 1.28. The normalized spacial score (nSPS) is 18.4. The van der Waals surface area contributed by atoms with E-state index >= 15 is 4.39 Å². The Hall–Kier alpha value is -3.80. The molecule has 4 rings (SSSR count). The first-order valence-corrected chi connectivity index (χ1v) is 16.2. The maximum Gasteiger partial charge on any atom is 0.257 e. The van der Waals surface area contributed by atoms with Gasteiger partial charge in [-0.1, -0.05) is 57.7 Å². The molecule has 2 aliphatic rings. The summed E-state index contributed by atoms with van der Waals surface area (Å²) >= 11 is 0. The molecule has 2 fully saturated rings. The molecular weight excluding hydrogens is 579 g/mol. The Morgan fingerprint density at radius 1 is 1.02 bits per heavy atom. The number of piperazine rings is 1. The number of nitrogens with zero attached hydrogens (tertiary/aromatic N) is 3. The van der Waals surface area contributed by atoms with E-state index in [1.165, 1.54) is 18.4 Å². The molecule has 4 amide bonds. The average Bonchev–Trinajstić information content (AvgIpc) is 3.37. The zero-order valence-electron chi connectivity index (χ0n) is 26.9. The molecule has 3 atom stereocenters. The summed E-state index contributed by atoms with van der Waals surface area (Å²) in [5.74, 6) is -2.71. The SMILES string of the molecule is CCC(=O)N[C@@H](C(=O)N1CCN(C)CC1)[C@@H](C)c1ccc(NC(=O)[C@@H](NC(=O)c2conc2CC)C2CCCCCC2)c(F)c1. The molecular formula is C33H47FN6O5. The van der Waals surface area contributed by atoms with Gasteiger partial charge in [-0.15, -0.1) is 0 Å². The molecule has 1 aromatic heterocycles. The smallest absolute Gasteiger partial charge is 0.257 e. The minimum absolute atomic E-state index is 0.0254. The lowest BCUT2D eigenvalue weighted by atomic mass is 9.90. The van der Waals surface area contributed by atoms with Crippen molar-refractivity contribution < 1.29 is 28.1 Å². The van der Waals surface area contributed by atoms with Gasteiger partial charge in [0.1, 0.15) is 29.7 Å². The second-order valence-corrected chi connectivity index (χ2v) is 12.3. The van der Waals surface area contributed by atoms with Crippen molar-refractivity contribution in [2.45, 2.75) is 90.1 Å². The van der Waals surface area contributed by atoms with Crippen LogP contribution < -0.4 is 16.0 Å². The first-order chi connectivity index (χ1) is 21.6. The lowest BCUT2D eigenvalue weighted by molar-refractivity contribution is -0.138. The van der Waals surface area contributed by atoms with Gasteiger partial charge in [-0.2, -0.15) is 0 Å². The molecule has 3 N–H and O–H groups in total. The standard InChI is InChI=1S/C33H47FN6O5/c1-5-26-24(20-45-38-26)31(42)37-30(22-11-9-7-8-10-12-22)32(43)35-27-14-13-23(19-25(27)34)21(3)29(36-28(41)6-2)33(44)40-17-15-39(4)16-18-40/h13-14,19-22,29-30H,5-12,15-18H2,1-4H3,(H,35,43)(H,36,41)(H,37,42)/t21-,29+,30-/m0/s1. The zero-order valence-corrected chi connectivity index (χ0v) is 26.9.